The highest BCUT2D eigenvalue weighted by Gasteiger charge is 2.45. The van der Waals surface area contributed by atoms with E-state index in [9.17, 15) is 14.7 Å². The van der Waals surface area contributed by atoms with E-state index in [1.807, 2.05) is 73.7 Å². The van der Waals surface area contributed by atoms with E-state index in [-0.39, 0.29) is 24.5 Å². The maximum Gasteiger partial charge on any atom is 0.295 e. The van der Waals surface area contributed by atoms with E-state index in [1.165, 1.54) is 21.6 Å². The number of Topliss-reactive ketones (excluding diaryl/α,β-unsaturated/α-hetero) is 1. The van der Waals surface area contributed by atoms with Gasteiger partial charge in [0.05, 0.1) is 18.2 Å². The molecule has 1 N–H and O–H groups in total. The maximum absolute atomic E-state index is 13.2. The summed E-state index contributed by atoms with van der Waals surface area (Å²) in [5.74, 6) is -0.772. The number of hydrogen-bond acceptors (Lipinski definition) is 5. The molecule has 6 nitrogen and oxygen atoms in total. The van der Waals surface area contributed by atoms with Gasteiger partial charge in [-0.2, -0.15) is 0 Å². The van der Waals surface area contributed by atoms with Gasteiger partial charge in [0, 0.05) is 19.2 Å². The number of methoxy groups -OCH3 is 1. The molecule has 1 amide bonds. The molecule has 5 rings (SSSR count). The quantitative estimate of drug-likeness (QED) is 0.245. The molecule has 1 unspecified atom stereocenters. The lowest BCUT2D eigenvalue weighted by molar-refractivity contribution is -0.140. The fourth-order valence-corrected chi connectivity index (χ4v) is 5.28. The lowest BCUT2D eigenvalue weighted by Crippen LogP contribution is -2.32. The Morgan fingerprint density at radius 2 is 1.66 bits per heavy atom. The lowest BCUT2D eigenvalue weighted by Gasteiger charge is -2.25. The summed E-state index contributed by atoms with van der Waals surface area (Å²) in [6.45, 7) is 2.99. The number of aryl methyl sites for hydroxylation is 3. The first-order valence-corrected chi connectivity index (χ1v) is 13.1. The van der Waals surface area contributed by atoms with Crippen LogP contribution in [0.25, 0.3) is 5.76 Å². The first-order chi connectivity index (χ1) is 18.5. The molecule has 0 saturated carbocycles. The predicted molar refractivity (Wildman–Crippen MR) is 146 cm³/mol. The Labute approximate surface area is 223 Å². The van der Waals surface area contributed by atoms with Crippen molar-refractivity contribution >= 4 is 17.4 Å². The largest absolute Gasteiger partial charge is 0.507 e. The molecule has 1 atom stereocenters. The van der Waals surface area contributed by atoms with Crippen LogP contribution in [0.15, 0.2) is 72.3 Å². The molecule has 0 spiro atoms. The normalized spacial score (nSPS) is 18.5. The minimum Gasteiger partial charge on any atom is -0.507 e. The van der Waals surface area contributed by atoms with Gasteiger partial charge in [0.1, 0.15) is 18.1 Å². The SMILES string of the molecule is COCCN1C(=O)C(=O)/C(=C(\O)c2ccc3c(c2)CCCC3)C1c1ccc(OCc2ccc(C)cc2)cc1. The van der Waals surface area contributed by atoms with Gasteiger partial charge >= 0.3 is 0 Å². The molecule has 1 saturated heterocycles. The summed E-state index contributed by atoms with van der Waals surface area (Å²) in [7, 11) is 1.55. The number of fused-ring (bicyclic) bond motifs is 1. The number of ether oxygens (including phenoxy) is 2. The second kappa shape index (κ2) is 11.2. The van der Waals surface area contributed by atoms with E-state index in [0.29, 0.717) is 17.9 Å². The summed E-state index contributed by atoms with van der Waals surface area (Å²) in [5.41, 5.74) is 6.14. The van der Waals surface area contributed by atoms with Crippen molar-refractivity contribution in [2.45, 2.75) is 45.3 Å². The van der Waals surface area contributed by atoms with Crippen LogP contribution in [-0.4, -0.2) is 42.0 Å². The Balaban J connectivity index is 1.46. The molecule has 1 heterocycles. The number of ketones is 1. The van der Waals surface area contributed by atoms with Gasteiger partial charge in [-0.1, -0.05) is 54.1 Å². The number of hydrogen-bond donors (Lipinski definition) is 1. The van der Waals surface area contributed by atoms with Gasteiger partial charge in [-0.25, -0.2) is 0 Å². The van der Waals surface area contributed by atoms with E-state index in [4.69, 9.17) is 9.47 Å². The number of rotatable bonds is 8. The van der Waals surface area contributed by atoms with Gasteiger partial charge in [-0.3, -0.25) is 9.59 Å². The zero-order chi connectivity index (χ0) is 26.6. The Morgan fingerprint density at radius 1 is 0.947 bits per heavy atom. The van der Waals surface area contributed by atoms with Crippen molar-refractivity contribution in [3.05, 3.63) is 106 Å². The number of nitrogens with zero attached hydrogens (tertiary/aromatic N) is 1. The Hall–Kier alpha value is -3.90. The molecule has 0 radical (unpaired) electrons. The summed E-state index contributed by atoms with van der Waals surface area (Å²) in [6, 6.07) is 20.7. The van der Waals surface area contributed by atoms with Crippen LogP contribution in [-0.2, 0) is 33.8 Å². The van der Waals surface area contributed by atoms with Gasteiger partial charge in [0.2, 0.25) is 0 Å². The van der Waals surface area contributed by atoms with Crippen molar-refractivity contribution in [3.63, 3.8) is 0 Å². The van der Waals surface area contributed by atoms with Gasteiger partial charge in [0.25, 0.3) is 11.7 Å². The number of carbonyl (C=O) groups is 2. The van der Waals surface area contributed by atoms with Crippen LogP contribution in [0.1, 0.15) is 52.3 Å². The van der Waals surface area contributed by atoms with Crippen molar-refractivity contribution < 1.29 is 24.2 Å². The Morgan fingerprint density at radius 3 is 2.37 bits per heavy atom. The second-order valence-corrected chi connectivity index (χ2v) is 10.0. The molecule has 1 fully saturated rings. The van der Waals surface area contributed by atoms with Gasteiger partial charge in [0.15, 0.2) is 0 Å². The molecule has 6 heteroatoms. The highest BCUT2D eigenvalue weighted by atomic mass is 16.5. The number of amides is 1. The predicted octanol–water partition coefficient (Wildman–Crippen LogP) is 5.52. The lowest BCUT2D eigenvalue weighted by atomic mass is 9.88. The molecule has 3 aromatic rings. The average Bonchev–Trinajstić information content (AvgIpc) is 3.20. The zero-order valence-electron chi connectivity index (χ0n) is 21.9. The van der Waals surface area contributed by atoms with Crippen LogP contribution >= 0.6 is 0 Å². The van der Waals surface area contributed by atoms with Crippen LogP contribution in [0.4, 0.5) is 0 Å². The van der Waals surface area contributed by atoms with E-state index in [2.05, 4.69) is 0 Å². The molecule has 38 heavy (non-hydrogen) atoms. The number of carbonyl (C=O) groups excluding carboxylic acids is 2. The summed E-state index contributed by atoms with van der Waals surface area (Å²) >= 11 is 0. The maximum atomic E-state index is 13.2. The van der Waals surface area contributed by atoms with Crippen LogP contribution in [0, 0.1) is 6.92 Å². The third-order valence-electron chi connectivity index (χ3n) is 7.42. The first kappa shape index (κ1) is 25.7. The van der Waals surface area contributed by atoms with E-state index in [0.717, 1.165) is 36.8 Å². The molecule has 3 aromatic carbocycles. The van der Waals surface area contributed by atoms with Crippen LogP contribution in [0.2, 0.25) is 0 Å². The van der Waals surface area contributed by atoms with E-state index in [1.54, 1.807) is 7.11 Å². The van der Waals surface area contributed by atoms with Crippen LogP contribution < -0.4 is 4.74 Å². The average molecular weight is 512 g/mol. The summed E-state index contributed by atoms with van der Waals surface area (Å²) in [5, 5.41) is 11.4. The smallest absolute Gasteiger partial charge is 0.295 e. The van der Waals surface area contributed by atoms with Crippen molar-refractivity contribution in [2.24, 2.45) is 0 Å². The molecule has 196 valence electrons. The van der Waals surface area contributed by atoms with Crippen molar-refractivity contribution in [3.8, 4) is 5.75 Å². The van der Waals surface area contributed by atoms with E-state index < -0.39 is 17.7 Å². The fourth-order valence-electron chi connectivity index (χ4n) is 5.28. The number of benzene rings is 3. The third kappa shape index (κ3) is 5.22. The first-order valence-electron chi connectivity index (χ1n) is 13.1. The highest BCUT2D eigenvalue weighted by molar-refractivity contribution is 6.46. The summed E-state index contributed by atoms with van der Waals surface area (Å²) < 4.78 is 11.2. The highest BCUT2D eigenvalue weighted by Crippen LogP contribution is 2.40. The van der Waals surface area contributed by atoms with Crippen LogP contribution in [0.3, 0.4) is 0 Å². The van der Waals surface area contributed by atoms with E-state index >= 15 is 0 Å². The van der Waals surface area contributed by atoms with Crippen molar-refractivity contribution in [1.82, 2.24) is 4.90 Å². The van der Waals surface area contributed by atoms with Crippen molar-refractivity contribution in [2.75, 3.05) is 20.3 Å². The second-order valence-electron chi connectivity index (χ2n) is 10.0. The molecular weight excluding hydrogens is 478 g/mol. The van der Waals surface area contributed by atoms with Crippen LogP contribution in [0.5, 0.6) is 5.75 Å². The summed E-state index contributed by atoms with van der Waals surface area (Å²) in [6.07, 6.45) is 4.24. The molecule has 0 aromatic heterocycles. The Bertz CT molecular complexity index is 1360. The van der Waals surface area contributed by atoms with Gasteiger partial charge in [-0.05, 0) is 73.1 Å². The summed E-state index contributed by atoms with van der Waals surface area (Å²) in [4.78, 5) is 27.8. The van der Waals surface area contributed by atoms with Gasteiger partial charge < -0.3 is 19.5 Å². The molecule has 1 aliphatic heterocycles. The number of likely N-dealkylation sites (tertiary alicyclic amines) is 1. The number of aliphatic hydroxyl groups excluding tert-OH is 1. The minimum atomic E-state index is -0.715. The van der Waals surface area contributed by atoms with Gasteiger partial charge in [-0.15, -0.1) is 0 Å². The topological polar surface area (TPSA) is 76.1 Å². The molecular formula is C32H33NO5. The minimum absolute atomic E-state index is 0.107. The molecule has 0 bridgehead atoms. The monoisotopic (exact) mass is 511 g/mol. The number of aliphatic hydroxyl groups is 1. The molecule has 2 aliphatic rings. The molecule has 1 aliphatic carbocycles. The Kier molecular flexibility index (Phi) is 7.61. The fraction of sp³-hybridized carbons (Fsp3) is 0.312. The standard InChI is InChI=1S/C32H33NO5/c1-21-7-9-22(10-8-21)20-38-27-15-13-24(14-16-27)29-28(31(35)32(36)33(29)17-18-37-2)30(34)26-12-11-23-5-3-4-6-25(23)19-26/h7-16,19,29,34H,3-6,17-18,20H2,1-2H3/b30-28-. The third-order valence-corrected chi connectivity index (χ3v) is 7.42. The zero-order valence-corrected chi connectivity index (χ0v) is 21.9. The van der Waals surface area contributed by atoms with Crippen molar-refractivity contribution in [1.29, 1.82) is 0 Å².